The molecule has 1 N–H and O–H groups in total. The van der Waals surface area contributed by atoms with Crippen molar-refractivity contribution in [3.63, 3.8) is 0 Å². The maximum Gasteiger partial charge on any atom is 0.275 e. The van der Waals surface area contributed by atoms with E-state index < -0.39 is 22.2 Å². The molecule has 2 aromatic heterocycles. The summed E-state index contributed by atoms with van der Waals surface area (Å²) in [4.78, 5) is 15.8. The summed E-state index contributed by atoms with van der Waals surface area (Å²) in [6, 6.07) is 1.55. The third-order valence-corrected chi connectivity index (χ3v) is 6.10. The number of carbonyl (C=O) groups is 1. The molecule has 0 atom stereocenters. The van der Waals surface area contributed by atoms with Crippen LogP contribution in [0, 0.1) is 0 Å². The molecule has 3 heterocycles. The van der Waals surface area contributed by atoms with Crippen molar-refractivity contribution >= 4 is 38.6 Å². The highest BCUT2D eigenvalue weighted by Crippen LogP contribution is 2.29. The van der Waals surface area contributed by atoms with E-state index in [1.165, 1.54) is 17.5 Å². The lowest BCUT2D eigenvalue weighted by atomic mass is 10.3. The molecule has 7 nitrogen and oxygen atoms in total. The van der Waals surface area contributed by atoms with E-state index >= 15 is 0 Å². The van der Waals surface area contributed by atoms with Crippen LogP contribution in [0.25, 0.3) is 0 Å². The summed E-state index contributed by atoms with van der Waals surface area (Å²) < 4.78 is 36.7. The zero-order chi connectivity index (χ0) is 14.9. The average molecular weight is 346 g/mol. The lowest BCUT2D eigenvalue weighted by Gasteiger charge is -2.04. The van der Waals surface area contributed by atoms with Crippen LogP contribution in [0.2, 0.25) is 0 Å². The number of amides is 1. The van der Waals surface area contributed by atoms with Crippen LogP contribution >= 0.6 is 22.7 Å². The number of rotatable bonds is 4. The number of hydrogen-bond acceptors (Lipinski definition) is 8. The summed E-state index contributed by atoms with van der Waals surface area (Å²) in [5.74, 6) is -0.667. The molecule has 2 aromatic rings. The van der Waals surface area contributed by atoms with E-state index in [0.717, 1.165) is 11.3 Å². The lowest BCUT2D eigenvalue weighted by molar-refractivity contribution is -0.0442. The number of thiophene rings is 1. The molecule has 3 rings (SSSR count). The largest absolute Gasteiger partial charge is 0.344 e. The van der Waals surface area contributed by atoms with Crippen molar-refractivity contribution in [2.45, 2.75) is 10.5 Å². The number of thiazole rings is 1. The molecule has 10 heteroatoms. The van der Waals surface area contributed by atoms with Crippen molar-refractivity contribution in [3.8, 4) is 0 Å². The molecule has 0 aromatic carbocycles. The number of sulfonamides is 1. The SMILES string of the molecule is O=C(NS(=O)(=O)c1cnc(C2OCCO2)s1)c1ccsc1. The Bertz CT molecular complexity index is 732. The number of nitrogens with one attached hydrogen (secondary N) is 1. The van der Waals surface area contributed by atoms with E-state index in [4.69, 9.17) is 9.47 Å². The summed E-state index contributed by atoms with van der Waals surface area (Å²) in [5, 5.41) is 3.68. The van der Waals surface area contributed by atoms with Gasteiger partial charge in [0.25, 0.3) is 15.9 Å². The van der Waals surface area contributed by atoms with E-state index in [9.17, 15) is 13.2 Å². The van der Waals surface area contributed by atoms with Gasteiger partial charge in [-0.15, -0.1) is 11.3 Å². The Morgan fingerprint density at radius 3 is 2.81 bits per heavy atom. The summed E-state index contributed by atoms with van der Waals surface area (Å²) in [5.41, 5.74) is 0.302. The monoisotopic (exact) mass is 346 g/mol. The van der Waals surface area contributed by atoms with Crippen LogP contribution < -0.4 is 4.72 Å². The predicted molar refractivity (Wildman–Crippen MR) is 75.7 cm³/mol. The van der Waals surface area contributed by atoms with Crippen LogP contribution in [-0.2, 0) is 19.5 Å². The van der Waals surface area contributed by atoms with Gasteiger partial charge < -0.3 is 9.47 Å². The van der Waals surface area contributed by atoms with Gasteiger partial charge in [0, 0.05) is 5.38 Å². The molecule has 21 heavy (non-hydrogen) atoms. The molecule has 1 saturated heterocycles. The van der Waals surface area contributed by atoms with E-state index in [1.807, 2.05) is 4.72 Å². The van der Waals surface area contributed by atoms with Crippen LogP contribution in [0.4, 0.5) is 0 Å². The second-order valence-electron chi connectivity index (χ2n) is 4.04. The Balaban J connectivity index is 1.77. The first-order valence-corrected chi connectivity index (χ1v) is 9.09. The van der Waals surface area contributed by atoms with Crippen molar-refractivity contribution in [1.82, 2.24) is 9.71 Å². The van der Waals surface area contributed by atoms with E-state index in [-0.39, 0.29) is 4.21 Å². The first-order chi connectivity index (χ1) is 10.1. The molecule has 1 fully saturated rings. The standard InChI is InChI=1S/C11H10N2O5S3/c14-9(7-1-4-19-6-7)13-21(15,16)8-5-12-10(20-8)11-17-2-3-18-11/h1,4-6,11H,2-3H2,(H,13,14). The minimum Gasteiger partial charge on any atom is -0.344 e. The van der Waals surface area contributed by atoms with E-state index in [2.05, 4.69) is 4.98 Å². The highest BCUT2D eigenvalue weighted by Gasteiger charge is 2.26. The molecular weight excluding hydrogens is 336 g/mol. The fourth-order valence-electron chi connectivity index (χ4n) is 1.63. The Morgan fingerprint density at radius 2 is 2.14 bits per heavy atom. The van der Waals surface area contributed by atoms with Crippen LogP contribution in [0.5, 0.6) is 0 Å². The van der Waals surface area contributed by atoms with Gasteiger partial charge in [0.2, 0.25) is 6.29 Å². The average Bonchev–Trinajstić information content (AvgIpc) is 3.19. The summed E-state index contributed by atoms with van der Waals surface area (Å²) >= 11 is 2.23. The van der Waals surface area contributed by atoms with Gasteiger partial charge in [0.1, 0.15) is 0 Å². The first-order valence-electron chi connectivity index (χ1n) is 5.84. The molecule has 1 aliphatic heterocycles. The smallest absolute Gasteiger partial charge is 0.275 e. The van der Waals surface area contributed by atoms with Gasteiger partial charge in [-0.25, -0.2) is 18.1 Å². The molecule has 0 bridgehead atoms. The molecule has 0 unspecified atom stereocenters. The maximum atomic E-state index is 12.1. The number of nitrogens with zero attached hydrogens (tertiary/aromatic N) is 1. The van der Waals surface area contributed by atoms with Crippen molar-refractivity contribution < 1.29 is 22.7 Å². The number of aromatic nitrogens is 1. The highest BCUT2D eigenvalue weighted by atomic mass is 32.2. The van der Waals surface area contributed by atoms with E-state index in [0.29, 0.717) is 23.8 Å². The predicted octanol–water partition coefficient (Wildman–Crippen LogP) is 1.37. The fraction of sp³-hybridized carbons (Fsp3) is 0.273. The van der Waals surface area contributed by atoms with Gasteiger partial charge in [-0.05, 0) is 11.4 Å². The molecule has 1 amide bonds. The topological polar surface area (TPSA) is 94.6 Å². The lowest BCUT2D eigenvalue weighted by Crippen LogP contribution is -2.29. The minimum absolute atomic E-state index is 0.0554. The number of ether oxygens (including phenoxy) is 2. The second-order valence-corrected chi connectivity index (χ2v) is 7.79. The van der Waals surface area contributed by atoms with Crippen LogP contribution in [0.15, 0.2) is 27.2 Å². The highest BCUT2D eigenvalue weighted by molar-refractivity contribution is 7.92. The third-order valence-electron chi connectivity index (χ3n) is 2.60. The van der Waals surface area contributed by atoms with Crippen molar-refractivity contribution in [2.75, 3.05) is 13.2 Å². The quantitative estimate of drug-likeness (QED) is 0.898. The Morgan fingerprint density at radius 1 is 1.38 bits per heavy atom. The summed E-state index contributed by atoms with van der Waals surface area (Å²) in [6.07, 6.45) is 0.556. The summed E-state index contributed by atoms with van der Waals surface area (Å²) in [7, 11) is -3.94. The van der Waals surface area contributed by atoms with Gasteiger partial charge in [-0.2, -0.15) is 11.3 Å². The van der Waals surface area contributed by atoms with Gasteiger partial charge in [0.15, 0.2) is 9.22 Å². The second kappa shape index (κ2) is 5.81. The van der Waals surface area contributed by atoms with Gasteiger partial charge >= 0.3 is 0 Å². The Labute approximate surface area is 128 Å². The molecule has 0 aliphatic carbocycles. The van der Waals surface area contributed by atoms with E-state index in [1.54, 1.807) is 16.8 Å². The molecular formula is C11H10N2O5S3. The van der Waals surface area contributed by atoms with Crippen LogP contribution in [0.1, 0.15) is 21.7 Å². The normalized spacial score (nSPS) is 16.2. The zero-order valence-corrected chi connectivity index (χ0v) is 13.0. The van der Waals surface area contributed by atoms with Crippen molar-refractivity contribution in [3.05, 3.63) is 33.6 Å². The third kappa shape index (κ3) is 3.14. The number of carbonyl (C=O) groups excluding carboxylic acids is 1. The van der Waals surface area contributed by atoms with Crippen molar-refractivity contribution in [1.29, 1.82) is 0 Å². The van der Waals surface area contributed by atoms with Gasteiger partial charge in [0.05, 0.1) is 25.0 Å². The molecule has 0 saturated carbocycles. The molecule has 0 radical (unpaired) electrons. The minimum atomic E-state index is -3.94. The number of hydrogen-bond donors (Lipinski definition) is 1. The van der Waals surface area contributed by atoms with Gasteiger partial charge in [-0.1, -0.05) is 0 Å². The molecule has 0 spiro atoms. The fourth-order valence-corrected chi connectivity index (χ4v) is 4.39. The molecule has 112 valence electrons. The Hall–Kier alpha value is -1.33. The zero-order valence-electron chi connectivity index (χ0n) is 10.5. The maximum absolute atomic E-state index is 12.1. The van der Waals surface area contributed by atoms with Crippen molar-refractivity contribution in [2.24, 2.45) is 0 Å². The van der Waals surface area contributed by atoms with Crippen LogP contribution in [0.3, 0.4) is 0 Å². The molecule has 1 aliphatic rings. The summed E-state index contributed by atoms with van der Waals surface area (Å²) in [6.45, 7) is 0.891. The Kier molecular flexibility index (Phi) is 4.04. The van der Waals surface area contributed by atoms with Crippen LogP contribution in [-0.4, -0.2) is 32.5 Å². The first kappa shape index (κ1) is 14.6. The van der Waals surface area contributed by atoms with Gasteiger partial charge in [-0.3, -0.25) is 4.79 Å².